The van der Waals surface area contributed by atoms with Crippen LogP contribution in [0.1, 0.15) is 16.2 Å². The van der Waals surface area contributed by atoms with Crippen molar-refractivity contribution in [3.8, 4) is 0 Å². The van der Waals surface area contributed by atoms with E-state index in [4.69, 9.17) is 5.84 Å². The first-order valence-electron chi connectivity index (χ1n) is 3.35. The van der Waals surface area contributed by atoms with Crippen molar-refractivity contribution in [2.75, 3.05) is 0 Å². The van der Waals surface area contributed by atoms with Gasteiger partial charge in [-0.15, -0.1) is 0 Å². The summed E-state index contributed by atoms with van der Waals surface area (Å²) in [6.07, 6.45) is -3.49. The Balaban J connectivity index is 2.95. The van der Waals surface area contributed by atoms with Crippen LogP contribution in [-0.2, 0) is 6.18 Å². The van der Waals surface area contributed by atoms with Crippen molar-refractivity contribution in [1.82, 2.24) is 15.4 Å². The number of alkyl halides is 3. The first-order chi connectivity index (χ1) is 6.45. The number of nitrogens with zero attached hydrogens (tertiary/aromatic N) is 2. The van der Waals surface area contributed by atoms with Crippen LogP contribution in [-0.4, -0.2) is 15.9 Å². The van der Waals surface area contributed by atoms with Gasteiger partial charge in [-0.2, -0.15) is 13.2 Å². The molecule has 0 aliphatic heterocycles. The Kier molecular flexibility index (Phi) is 2.65. The molecular formula is C6H5F3N4O. The maximum atomic E-state index is 12.0. The van der Waals surface area contributed by atoms with Crippen LogP contribution in [0.15, 0.2) is 12.4 Å². The van der Waals surface area contributed by atoms with Gasteiger partial charge in [0.1, 0.15) is 0 Å². The van der Waals surface area contributed by atoms with Gasteiger partial charge in [-0.05, 0) is 0 Å². The molecule has 0 aliphatic carbocycles. The number of halogens is 3. The second-order valence-electron chi connectivity index (χ2n) is 2.27. The van der Waals surface area contributed by atoms with Gasteiger partial charge in [0, 0.05) is 12.4 Å². The molecule has 1 aromatic rings. The molecule has 14 heavy (non-hydrogen) atoms. The summed E-state index contributed by atoms with van der Waals surface area (Å²) in [5, 5.41) is 0. The number of carbonyl (C=O) groups is 1. The molecule has 0 fully saturated rings. The number of aromatic nitrogens is 2. The van der Waals surface area contributed by atoms with Crippen LogP contribution in [0.2, 0.25) is 0 Å². The highest BCUT2D eigenvalue weighted by molar-refractivity contribution is 5.89. The molecule has 1 amide bonds. The third-order valence-electron chi connectivity index (χ3n) is 1.31. The lowest BCUT2D eigenvalue weighted by atomic mass is 10.3. The number of carbonyl (C=O) groups excluding carboxylic acids is 1. The number of amides is 1. The third kappa shape index (κ3) is 2.16. The quantitative estimate of drug-likeness (QED) is 0.388. The summed E-state index contributed by atoms with van der Waals surface area (Å²) in [6.45, 7) is 0. The molecule has 0 saturated carbocycles. The maximum absolute atomic E-state index is 12.0. The zero-order valence-corrected chi connectivity index (χ0v) is 6.67. The van der Waals surface area contributed by atoms with Gasteiger partial charge in [0.2, 0.25) is 5.82 Å². The molecule has 1 aromatic heterocycles. The van der Waals surface area contributed by atoms with Crippen molar-refractivity contribution >= 4 is 5.91 Å². The molecule has 0 saturated heterocycles. The summed E-state index contributed by atoms with van der Waals surface area (Å²) < 4.78 is 36.0. The van der Waals surface area contributed by atoms with Gasteiger partial charge in [-0.25, -0.2) is 15.8 Å². The summed E-state index contributed by atoms with van der Waals surface area (Å²) in [5.41, 5.74) is 0.672. The predicted molar refractivity (Wildman–Crippen MR) is 38.7 cm³/mol. The van der Waals surface area contributed by atoms with Crippen molar-refractivity contribution in [2.45, 2.75) is 6.18 Å². The van der Waals surface area contributed by atoms with Gasteiger partial charge in [-0.3, -0.25) is 10.2 Å². The van der Waals surface area contributed by atoms with Crippen molar-refractivity contribution in [3.63, 3.8) is 0 Å². The minimum Gasteiger partial charge on any atom is -0.287 e. The Morgan fingerprint density at radius 2 is 1.86 bits per heavy atom. The molecule has 0 radical (unpaired) electrons. The molecule has 0 spiro atoms. The van der Waals surface area contributed by atoms with E-state index < -0.39 is 23.5 Å². The van der Waals surface area contributed by atoms with Gasteiger partial charge in [0.05, 0.1) is 5.56 Å². The van der Waals surface area contributed by atoms with Gasteiger partial charge in [0.15, 0.2) is 0 Å². The van der Waals surface area contributed by atoms with E-state index in [1.54, 1.807) is 5.43 Å². The lowest BCUT2D eigenvalue weighted by molar-refractivity contribution is -0.138. The van der Waals surface area contributed by atoms with Crippen LogP contribution < -0.4 is 11.3 Å². The molecule has 0 atom stereocenters. The second kappa shape index (κ2) is 3.58. The fourth-order valence-corrected chi connectivity index (χ4v) is 0.656. The summed E-state index contributed by atoms with van der Waals surface area (Å²) in [7, 11) is 0. The SMILES string of the molecule is NNC(=O)c1ncc(C(F)(F)F)cn1. The number of hydrogen-bond donors (Lipinski definition) is 2. The van der Waals surface area contributed by atoms with E-state index in [1.165, 1.54) is 0 Å². The smallest absolute Gasteiger partial charge is 0.287 e. The van der Waals surface area contributed by atoms with Crippen LogP contribution >= 0.6 is 0 Å². The van der Waals surface area contributed by atoms with Crippen LogP contribution in [0.3, 0.4) is 0 Å². The van der Waals surface area contributed by atoms with Crippen LogP contribution in [0, 0.1) is 0 Å². The number of hydrogen-bond acceptors (Lipinski definition) is 4. The molecule has 8 heteroatoms. The number of nitrogens with one attached hydrogen (secondary N) is 1. The largest absolute Gasteiger partial charge is 0.419 e. The topological polar surface area (TPSA) is 80.9 Å². The number of nitrogen functional groups attached to an aromatic ring is 1. The van der Waals surface area contributed by atoms with Crippen molar-refractivity contribution < 1.29 is 18.0 Å². The van der Waals surface area contributed by atoms with E-state index in [2.05, 4.69) is 9.97 Å². The Hall–Kier alpha value is -1.70. The molecule has 1 rings (SSSR count). The predicted octanol–water partition coefficient (Wildman–Crippen LogP) is 0.0989. The minimum atomic E-state index is -4.52. The highest BCUT2D eigenvalue weighted by Crippen LogP contribution is 2.27. The van der Waals surface area contributed by atoms with Crippen LogP contribution in [0.4, 0.5) is 13.2 Å². The molecule has 0 unspecified atom stereocenters. The van der Waals surface area contributed by atoms with Crippen LogP contribution in [0.25, 0.3) is 0 Å². The Labute approximate surface area is 76.1 Å². The fourth-order valence-electron chi connectivity index (χ4n) is 0.656. The van der Waals surface area contributed by atoms with Gasteiger partial charge in [0.25, 0.3) is 0 Å². The van der Waals surface area contributed by atoms with E-state index >= 15 is 0 Å². The van der Waals surface area contributed by atoms with E-state index in [-0.39, 0.29) is 0 Å². The van der Waals surface area contributed by atoms with Crippen molar-refractivity contribution in [2.24, 2.45) is 5.84 Å². The summed E-state index contributed by atoms with van der Waals surface area (Å²) >= 11 is 0. The molecule has 0 bridgehead atoms. The monoisotopic (exact) mass is 206 g/mol. The summed E-state index contributed by atoms with van der Waals surface area (Å²) in [6, 6.07) is 0. The highest BCUT2D eigenvalue weighted by atomic mass is 19.4. The normalized spacial score (nSPS) is 11.1. The molecule has 3 N–H and O–H groups in total. The average molecular weight is 206 g/mol. The Morgan fingerprint density at radius 3 is 2.21 bits per heavy atom. The summed E-state index contributed by atoms with van der Waals surface area (Å²) in [4.78, 5) is 17.1. The number of nitrogens with two attached hydrogens (primary N) is 1. The minimum absolute atomic E-state index is 0.416. The summed E-state index contributed by atoms with van der Waals surface area (Å²) in [5.74, 6) is 3.46. The fraction of sp³-hybridized carbons (Fsp3) is 0.167. The lowest BCUT2D eigenvalue weighted by Gasteiger charge is -2.04. The van der Waals surface area contributed by atoms with Gasteiger partial charge < -0.3 is 0 Å². The van der Waals surface area contributed by atoms with E-state index in [9.17, 15) is 18.0 Å². The zero-order chi connectivity index (χ0) is 10.8. The van der Waals surface area contributed by atoms with E-state index in [1.807, 2.05) is 0 Å². The van der Waals surface area contributed by atoms with Crippen molar-refractivity contribution in [3.05, 3.63) is 23.8 Å². The Morgan fingerprint density at radius 1 is 1.36 bits per heavy atom. The highest BCUT2D eigenvalue weighted by Gasteiger charge is 2.31. The number of hydrazine groups is 1. The first-order valence-corrected chi connectivity index (χ1v) is 3.35. The average Bonchev–Trinajstić information content (AvgIpc) is 2.15. The first kappa shape index (κ1) is 10.4. The van der Waals surface area contributed by atoms with Crippen molar-refractivity contribution in [1.29, 1.82) is 0 Å². The number of rotatable bonds is 1. The Bertz CT molecular complexity index is 334. The molecule has 0 aliphatic rings. The standard InChI is InChI=1S/C6H5F3N4O/c7-6(8,9)3-1-11-4(12-2-3)5(14)13-10/h1-2H,10H2,(H,13,14). The second-order valence-corrected chi connectivity index (χ2v) is 2.27. The molecular weight excluding hydrogens is 201 g/mol. The molecule has 76 valence electrons. The van der Waals surface area contributed by atoms with Gasteiger partial charge in [-0.1, -0.05) is 0 Å². The zero-order valence-electron chi connectivity index (χ0n) is 6.67. The molecule has 5 nitrogen and oxygen atoms in total. The lowest BCUT2D eigenvalue weighted by Crippen LogP contribution is -2.31. The van der Waals surface area contributed by atoms with E-state index in [0.717, 1.165) is 0 Å². The molecule has 1 heterocycles. The van der Waals surface area contributed by atoms with E-state index in [0.29, 0.717) is 12.4 Å². The van der Waals surface area contributed by atoms with Crippen LogP contribution in [0.5, 0.6) is 0 Å². The third-order valence-corrected chi connectivity index (χ3v) is 1.31. The van der Waals surface area contributed by atoms with Gasteiger partial charge >= 0.3 is 12.1 Å². The maximum Gasteiger partial charge on any atom is 0.419 e. The molecule has 0 aromatic carbocycles.